The number of hydrogen-bond donors (Lipinski definition) is 0. The van der Waals surface area contributed by atoms with Gasteiger partial charge >= 0.3 is 0 Å². The molecule has 0 rings (SSSR count). The molecule has 0 aromatic rings. The predicted molar refractivity (Wildman–Crippen MR) is 36.4 cm³/mol. The van der Waals surface area contributed by atoms with E-state index in [-0.39, 0.29) is 5.38 Å². The van der Waals surface area contributed by atoms with E-state index in [2.05, 4.69) is 6.92 Å². The molecule has 0 amide bonds. The van der Waals surface area contributed by atoms with Crippen molar-refractivity contribution in [3.63, 3.8) is 0 Å². The second kappa shape index (κ2) is 4.16. The molecule has 0 fully saturated rings. The molecule has 0 saturated heterocycles. The predicted octanol–water partition coefficient (Wildman–Crippen LogP) is 1.90. The molecular formula is C6H13ClO. The topological polar surface area (TPSA) is 9.23 Å². The molecule has 50 valence electrons. The number of ether oxygens (including phenoxy) is 1. The van der Waals surface area contributed by atoms with Gasteiger partial charge in [-0.15, -0.1) is 11.6 Å². The van der Waals surface area contributed by atoms with Gasteiger partial charge in [0.1, 0.15) is 0 Å². The highest BCUT2D eigenvalue weighted by atomic mass is 35.5. The molecule has 0 aliphatic carbocycles. The molecule has 0 aliphatic rings. The van der Waals surface area contributed by atoms with Crippen molar-refractivity contribution in [3.05, 3.63) is 0 Å². The fourth-order valence-electron chi connectivity index (χ4n) is 0.395. The maximum atomic E-state index is 5.73. The lowest BCUT2D eigenvalue weighted by molar-refractivity contribution is 0.159. The summed E-state index contributed by atoms with van der Waals surface area (Å²) in [4.78, 5) is 0. The summed E-state index contributed by atoms with van der Waals surface area (Å²) in [6, 6.07) is 0. The van der Waals surface area contributed by atoms with E-state index in [4.69, 9.17) is 16.3 Å². The summed E-state index contributed by atoms with van der Waals surface area (Å²) in [5.74, 6) is 0.460. The first kappa shape index (κ1) is 8.25. The van der Waals surface area contributed by atoms with Crippen LogP contribution in [-0.2, 0) is 4.74 Å². The van der Waals surface area contributed by atoms with Crippen LogP contribution in [0.25, 0.3) is 0 Å². The van der Waals surface area contributed by atoms with Gasteiger partial charge in [0.15, 0.2) is 0 Å². The van der Waals surface area contributed by atoms with Gasteiger partial charge < -0.3 is 4.74 Å². The first-order valence-corrected chi connectivity index (χ1v) is 3.25. The zero-order valence-electron chi connectivity index (χ0n) is 5.65. The number of hydrogen-bond acceptors (Lipinski definition) is 1. The van der Waals surface area contributed by atoms with Crippen LogP contribution < -0.4 is 0 Å². The molecule has 1 nitrogen and oxygen atoms in total. The Kier molecular flexibility index (Phi) is 4.29. The Morgan fingerprint density at radius 2 is 2.00 bits per heavy atom. The zero-order valence-corrected chi connectivity index (χ0v) is 6.40. The van der Waals surface area contributed by atoms with Crippen molar-refractivity contribution in [2.45, 2.75) is 19.2 Å². The van der Waals surface area contributed by atoms with E-state index in [1.807, 2.05) is 6.92 Å². The minimum absolute atomic E-state index is 0.218. The Balaban J connectivity index is 3.17. The quantitative estimate of drug-likeness (QED) is 0.539. The molecule has 0 aliphatic heterocycles. The van der Waals surface area contributed by atoms with Gasteiger partial charge in [0.05, 0.1) is 6.61 Å². The van der Waals surface area contributed by atoms with Crippen LogP contribution in [0.3, 0.4) is 0 Å². The van der Waals surface area contributed by atoms with E-state index in [0.717, 1.165) is 6.61 Å². The number of methoxy groups -OCH3 is 1. The summed E-state index contributed by atoms with van der Waals surface area (Å²) >= 11 is 5.73. The molecule has 0 bridgehead atoms. The van der Waals surface area contributed by atoms with Gasteiger partial charge in [0, 0.05) is 12.5 Å². The third-order valence-corrected chi connectivity index (χ3v) is 1.64. The molecule has 0 aromatic heterocycles. The average molecular weight is 137 g/mol. The fraction of sp³-hybridized carbons (Fsp3) is 1.00. The number of rotatable bonds is 3. The molecular weight excluding hydrogens is 124 g/mol. The highest BCUT2D eigenvalue weighted by Gasteiger charge is 2.06. The van der Waals surface area contributed by atoms with Crippen LogP contribution in [0, 0.1) is 5.92 Å². The van der Waals surface area contributed by atoms with E-state index in [1.165, 1.54) is 0 Å². The van der Waals surface area contributed by atoms with Crippen LogP contribution in [-0.4, -0.2) is 19.1 Å². The van der Waals surface area contributed by atoms with Gasteiger partial charge in [0.25, 0.3) is 0 Å². The van der Waals surface area contributed by atoms with Crippen molar-refractivity contribution in [3.8, 4) is 0 Å². The fourth-order valence-corrected chi connectivity index (χ4v) is 0.468. The first-order valence-electron chi connectivity index (χ1n) is 2.81. The third-order valence-electron chi connectivity index (χ3n) is 1.21. The molecule has 2 heteroatoms. The van der Waals surface area contributed by atoms with Crippen LogP contribution in [0.4, 0.5) is 0 Å². The lowest BCUT2D eigenvalue weighted by Gasteiger charge is -2.10. The molecule has 0 saturated carbocycles. The van der Waals surface area contributed by atoms with Crippen molar-refractivity contribution in [1.29, 1.82) is 0 Å². The average Bonchev–Trinajstić information content (AvgIpc) is 1.67. The van der Waals surface area contributed by atoms with E-state index >= 15 is 0 Å². The smallest absolute Gasteiger partial charge is 0.0501 e. The monoisotopic (exact) mass is 136 g/mol. The van der Waals surface area contributed by atoms with Gasteiger partial charge in [0.2, 0.25) is 0 Å². The molecule has 0 radical (unpaired) electrons. The number of halogens is 1. The lowest BCUT2D eigenvalue weighted by atomic mass is 10.1. The van der Waals surface area contributed by atoms with Crippen LogP contribution in [0.1, 0.15) is 13.8 Å². The molecule has 0 aromatic carbocycles. The normalized spacial score (nSPS) is 18.0. The Bertz CT molecular complexity index is 54.5. The Morgan fingerprint density at radius 3 is 2.12 bits per heavy atom. The van der Waals surface area contributed by atoms with E-state index in [1.54, 1.807) is 7.11 Å². The SMILES string of the molecule is COCC(C)C(C)Cl. The van der Waals surface area contributed by atoms with Crippen molar-refractivity contribution in [2.24, 2.45) is 5.92 Å². The summed E-state index contributed by atoms with van der Waals surface area (Å²) in [5.41, 5.74) is 0. The van der Waals surface area contributed by atoms with E-state index in [9.17, 15) is 0 Å². The van der Waals surface area contributed by atoms with Crippen molar-refractivity contribution in [2.75, 3.05) is 13.7 Å². The number of alkyl halides is 1. The molecule has 0 heterocycles. The summed E-state index contributed by atoms with van der Waals surface area (Å²) in [7, 11) is 1.69. The van der Waals surface area contributed by atoms with Crippen molar-refractivity contribution < 1.29 is 4.74 Å². The maximum absolute atomic E-state index is 5.73. The molecule has 2 unspecified atom stereocenters. The van der Waals surface area contributed by atoms with E-state index < -0.39 is 0 Å². The van der Waals surface area contributed by atoms with Crippen molar-refractivity contribution in [1.82, 2.24) is 0 Å². The van der Waals surface area contributed by atoms with Gasteiger partial charge in [-0.25, -0.2) is 0 Å². The molecule has 8 heavy (non-hydrogen) atoms. The Morgan fingerprint density at radius 1 is 1.50 bits per heavy atom. The minimum atomic E-state index is 0.218. The molecule has 0 spiro atoms. The van der Waals surface area contributed by atoms with Gasteiger partial charge in [-0.2, -0.15) is 0 Å². The maximum Gasteiger partial charge on any atom is 0.0501 e. The Labute approximate surface area is 56.0 Å². The summed E-state index contributed by atoms with van der Waals surface area (Å²) in [6.45, 7) is 4.80. The Hall–Kier alpha value is 0.250. The van der Waals surface area contributed by atoms with Crippen LogP contribution in [0.15, 0.2) is 0 Å². The summed E-state index contributed by atoms with van der Waals surface area (Å²) in [5, 5.41) is 0.218. The molecule has 2 atom stereocenters. The van der Waals surface area contributed by atoms with Crippen LogP contribution >= 0.6 is 11.6 Å². The minimum Gasteiger partial charge on any atom is -0.384 e. The zero-order chi connectivity index (χ0) is 6.57. The molecule has 0 N–H and O–H groups in total. The van der Waals surface area contributed by atoms with Crippen LogP contribution in [0.2, 0.25) is 0 Å². The standard InChI is InChI=1S/C6H13ClO/c1-5(4-8-3)6(2)7/h5-6H,4H2,1-3H3. The van der Waals surface area contributed by atoms with E-state index in [0.29, 0.717) is 5.92 Å². The lowest BCUT2D eigenvalue weighted by Crippen LogP contribution is -2.12. The van der Waals surface area contributed by atoms with Crippen LogP contribution in [0.5, 0.6) is 0 Å². The summed E-state index contributed by atoms with van der Waals surface area (Å²) in [6.07, 6.45) is 0. The largest absolute Gasteiger partial charge is 0.384 e. The third kappa shape index (κ3) is 3.28. The second-order valence-electron chi connectivity index (χ2n) is 2.11. The highest BCUT2D eigenvalue weighted by molar-refractivity contribution is 6.20. The summed E-state index contributed by atoms with van der Waals surface area (Å²) < 4.78 is 4.88. The second-order valence-corrected chi connectivity index (χ2v) is 2.80. The van der Waals surface area contributed by atoms with Gasteiger partial charge in [-0.3, -0.25) is 0 Å². The van der Waals surface area contributed by atoms with Gasteiger partial charge in [-0.1, -0.05) is 6.92 Å². The first-order chi connectivity index (χ1) is 3.68. The van der Waals surface area contributed by atoms with Gasteiger partial charge in [-0.05, 0) is 12.8 Å². The van der Waals surface area contributed by atoms with Crippen molar-refractivity contribution >= 4 is 11.6 Å². The highest BCUT2D eigenvalue weighted by Crippen LogP contribution is 2.08.